The number of benzene rings is 1. The van der Waals surface area contributed by atoms with Crippen LogP contribution in [-0.4, -0.2) is 18.4 Å². The molecule has 2 unspecified atom stereocenters. The van der Waals surface area contributed by atoms with Crippen molar-refractivity contribution < 1.29 is 9.59 Å². The van der Waals surface area contributed by atoms with Gasteiger partial charge in [0.25, 0.3) is 0 Å². The van der Waals surface area contributed by atoms with Crippen LogP contribution in [0, 0.1) is 17.2 Å². The zero-order valence-corrected chi connectivity index (χ0v) is 10.6. The summed E-state index contributed by atoms with van der Waals surface area (Å²) in [4.78, 5) is 23.0. The van der Waals surface area contributed by atoms with Crippen molar-refractivity contribution in [1.82, 2.24) is 10.6 Å². The summed E-state index contributed by atoms with van der Waals surface area (Å²) in [7, 11) is 0. The molecule has 0 radical (unpaired) electrons. The minimum Gasteiger partial charge on any atom is -0.355 e. The number of nitriles is 1. The third kappa shape index (κ3) is 3.10. The van der Waals surface area contributed by atoms with Crippen LogP contribution in [-0.2, 0) is 9.59 Å². The van der Waals surface area contributed by atoms with Crippen molar-refractivity contribution in [2.75, 3.05) is 6.54 Å². The summed E-state index contributed by atoms with van der Waals surface area (Å²) in [6.07, 6.45) is 0.256. The predicted octanol–water partition coefficient (Wildman–Crippen LogP) is 0.872. The average molecular weight is 257 g/mol. The first-order valence-corrected chi connectivity index (χ1v) is 6.17. The van der Waals surface area contributed by atoms with Crippen LogP contribution in [0.15, 0.2) is 24.3 Å². The molecule has 0 spiro atoms. The largest absolute Gasteiger partial charge is 0.355 e. The molecule has 0 saturated carbocycles. The Balaban J connectivity index is 1.96. The molecule has 5 heteroatoms. The summed E-state index contributed by atoms with van der Waals surface area (Å²) in [5, 5.41) is 14.2. The second-order valence-electron chi connectivity index (χ2n) is 4.67. The highest BCUT2D eigenvalue weighted by molar-refractivity contribution is 5.89. The second kappa shape index (κ2) is 5.53. The Bertz CT molecular complexity index is 531. The van der Waals surface area contributed by atoms with E-state index in [2.05, 4.69) is 16.7 Å². The molecule has 1 aromatic rings. The van der Waals surface area contributed by atoms with Crippen molar-refractivity contribution in [3.8, 4) is 6.07 Å². The third-order valence-electron chi connectivity index (χ3n) is 3.25. The quantitative estimate of drug-likeness (QED) is 0.843. The Morgan fingerprint density at radius 1 is 1.47 bits per heavy atom. The predicted molar refractivity (Wildman–Crippen MR) is 68.8 cm³/mol. The fraction of sp³-hybridized carbons (Fsp3) is 0.357. The number of hydrogen-bond donors (Lipinski definition) is 2. The summed E-state index contributed by atoms with van der Waals surface area (Å²) in [5.74, 6) is -0.477. The fourth-order valence-electron chi connectivity index (χ4n) is 2.05. The summed E-state index contributed by atoms with van der Waals surface area (Å²) in [6, 6.07) is 8.99. The van der Waals surface area contributed by atoms with Gasteiger partial charge >= 0.3 is 0 Å². The molecule has 2 amide bonds. The standard InChI is InChI=1S/C14H15N3O2/c1-9(11-4-2-10(7-15)3-5-11)17-14(19)12-6-13(18)16-8-12/h2-5,9,12H,6,8H2,1H3,(H,16,18)(H,17,19). The van der Waals surface area contributed by atoms with Crippen LogP contribution in [0.1, 0.15) is 30.5 Å². The number of carbonyl (C=O) groups is 2. The Hall–Kier alpha value is -2.35. The minimum atomic E-state index is -0.284. The molecule has 1 aromatic carbocycles. The monoisotopic (exact) mass is 257 g/mol. The van der Waals surface area contributed by atoms with Gasteiger partial charge in [0.1, 0.15) is 0 Å². The van der Waals surface area contributed by atoms with Gasteiger partial charge in [0.15, 0.2) is 0 Å². The molecular weight excluding hydrogens is 242 g/mol. The van der Waals surface area contributed by atoms with Crippen molar-refractivity contribution in [2.24, 2.45) is 5.92 Å². The summed E-state index contributed by atoms with van der Waals surface area (Å²) in [6.45, 7) is 2.29. The molecule has 1 saturated heterocycles. The van der Waals surface area contributed by atoms with Gasteiger partial charge in [-0.25, -0.2) is 0 Å². The van der Waals surface area contributed by atoms with Gasteiger partial charge in [-0.2, -0.15) is 5.26 Å². The molecule has 1 heterocycles. The van der Waals surface area contributed by atoms with Gasteiger partial charge in [-0.05, 0) is 24.6 Å². The van der Waals surface area contributed by atoms with E-state index in [1.165, 1.54) is 0 Å². The average Bonchev–Trinajstić information content (AvgIpc) is 2.85. The molecule has 0 aliphatic carbocycles. The summed E-state index contributed by atoms with van der Waals surface area (Å²) >= 11 is 0. The molecular formula is C14H15N3O2. The lowest BCUT2D eigenvalue weighted by Crippen LogP contribution is -2.33. The Kier molecular flexibility index (Phi) is 3.81. The van der Waals surface area contributed by atoms with Crippen LogP contribution in [0.5, 0.6) is 0 Å². The molecule has 5 nitrogen and oxygen atoms in total. The maximum Gasteiger partial charge on any atom is 0.225 e. The van der Waals surface area contributed by atoms with E-state index >= 15 is 0 Å². The van der Waals surface area contributed by atoms with Crippen molar-refractivity contribution in [1.29, 1.82) is 5.26 Å². The number of hydrogen-bond acceptors (Lipinski definition) is 3. The van der Waals surface area contributed by atoms with Crippen LogP contribution < -0.4 is 10.6 Å². The van der Waals surface area contributed by atoms with Crippen molar-refractivity contribution >= 4 is 11.8 Å². The maximum absolute atomic E-state index is 11.9. The fourth-order valence-corrected chi connectivity index (χ4v) is 2.05. The molecule has 2 rings (SSSR count). The van der Waals surface area contributed by atoms with Gasteiger partial charge in [-0.1, -0.05) is 12.1 Å². The Morgan fingerprint density at radius 2 is 2.16 bits per heavy atom. The van der Waals surface area contributed by atoms with Gasteiger partial charge in [-0.15, -0.1) is 0 Å². The molecule has 1 fully saturated rings. The number of rotatable bonds is 3. The van der Waals surface area contributed by atoms with Gasteiger partial charge in [0.05, 0.1) is 23.6 Å². The Morgan fingerprint density at radius 3 is 2.68 bits per heavy atom. The molecule has 1 aliphatic rings. The van der Waals surface area contributed by atoms with E-state index in [9.17, 15) is 9.59 Å². The molecule has 2 N–H and O–H groups in total. The van der Waals surface area contributed by atoms with Crippen molar-refractivity contribution in [3.63, 3.8) is 0 Å². The van der Waals surface area contributed by atoms with Crippen LogP contribution in [0.2, 0.25) is 0 Å². The first-order chi connectivity index (χ1) is 9.10. The lowest BCUT2D eigenvalue weighted by atomic mass is 10.0. The van der Waals surface area contributed by atoms with Gasteiger partial charge < -0.3 is 10.6 Å². The van der Waals surface area contributed by atoms with Gasteiger partial charge in [-0.3, -0.25) is 9.59 Å². The van der Waals surface area contributed by atoms with E-state index < -0.39 is 0 Å². The lowest BCUT2D eigenvalue weighted by molar-refractivity contribution is -0.127. The van der Waals surface area contributed by atoms with E-state index in [-0.39, 0.29) is 30.2 Å². The smallest absolute Gasteiger partial charge is 0.225 e. The second-order valence-corrected chi connectivity index (χ2v) is 4.67. The first-order valence-electron chi connectivity index (χ1n) is 6.17. The third-order valence-corrected chi connectivity index (χ3v) is 3.25. The van der Waals surface area contributed by atoms with Crippen LogP contribution in [0.3, 0.4) is 0 Å². The molecule has 0 aromatic heterocycles. The lowest BCUT2D eigenvalue weighted by Gasteiger charge is -2.16. The number of nitrogens with zero attached hydrogens (tertiary/aromatic N) is 1. The van der Waals surface area contributed by atoms with E-state index in [0.29, 0.717) is 12.1 Å². The molecule has 0 bridgehead atoms. The molecule has 19 heavy (non-hydrogen) atoms. The van der Waals surface area contributed by atoms with Crippen LogP contribution in [0.25, 0.3) is 0 Å². The number of amides is 2. The SMILES string of the molecule is CC(NC(=O)C1CNC(=O)C1)c1ccc(C#N)cc1. The van der Waals surface area contributed by atoms with E-state index in [1.54, 1.807) is 12.1 Å². The number of nitrogens with one attached hydrogen (secondary N) is 2. The molecule has 2 atom stereocenters. The zero-order valence-electron chi connectivity index (χ0n) is 10.6. The minimum absolute atomic E-state index is 0.0776. The molecule has 1 aliphatic heterocycles. The Labute approximate surface area is 111 Å². The highest BCUT2D eigenvalue weighted by Crippen LogP contribution is 2.15. The van der Waals surface area contributed by atoms with Crippen molar-refractivity contribution in [3.05, 3.63) is 35.4 Å². The maximum atomic E-state index is 11.9. The van der Waals surface area contributed by atoms with Crippen LogP contribution in [0.4, 0.5) is 0 Å². The highest BCUT2D eigenvalue weighted by atomic mass is 16.2. The summed E-state index contributed by atoms with van der Waals surface area (Å²) in [5.41, 5.74) is 1.53. The first kappa shape index (κ1) is 13.1. The van der Waals surface area contributed by atoms with Crippen LogP contribution >= 0.6 is 0 Å². The van der Waals surface area contributed by atoms with Gasteiger partial charge in [0, 0.05) is 13.0 Å². The zero-order chi connectivity index (χ0) is 13.8. The number of carbonyl (C=O) groups excluding carboxylic acids is 2. The normalized spacial score (nSPS) is 19.4. The summed E-state index contributed by atoms with van der Waals surface area (Å²) < 4.78 is 0. The van der Waals surface area contributed by atoms with E-state index in [0.717, 1.165) is 5.56 Å². The topological polar surface area (TPSA) is 82.0 Å². The highest BCUT2D eigenvalue weighted by Gasteiger charge is 2.28. The van der Waals surface area contributed by atoms with E-state index in [4.69, 9.17) is 5.26 Å². The van der Waals surface area contributed by atoms with Gasteiger partial charge in [0.2, 0.25) is 11.8 Å². The van der Waals surface area contributed by atoms with E-state index in [1.807, 2.05) is 19.1 Å². The van der Waals surface area contributed by atoms with Crippen molar-refractivity contribution in [2.45, 2.75) is 19.4 Å². The molecule has 98 valence electrons.